The summed E-state index contributed by atoms with van der Waals surface area (Å²) in [6, 6.07) is 2.57. The van der Waals surface area contributed by atoms with Crippen LogP contribution in [-0.4, -0.2) is 23.8 Å². The summed E-state index contributed by atoms with van der Waals surface area (Å²) in [4.78, 5) is 3.91. The van der Waals surface area contributed by atoms with Gasteiger partial charge < -0.3 is 4.57 Å². The Morgan fingerprint density at radius 2 is 2.12 bits per heavy atom. The molecule has 0 amide bonds. The Morgan fingerprint density at radius 3 is 2.75 bits per heavy atom. The number of benzene rings is 1. The first-order chi connectivity index (χ1) is 7.49. The van der Waals surface area contributed by atoms with Gasteiger partial charge in [0.1, 0.15) is 25.0 Å². The molecule has 0 unspecified atom stereocenters. The second-order valence-corrected chi connectivity index (χ2v) is 3.53. The molecule has 2 nitrogen and oxygen atoms in total. The second-order valence-electron chi connectivity index (χ2n) is 3.53. The minimum atomic E-state index is -2.51. The molecule has 0 spiro atoms. The third-order valence-electron chi connectivity index (χ3n) is 2.34. The molecule has 82 valence electrons. The molecule has 6 heteroatoms. The Labute approximate surface area is 91.5 Å². The molecule has 16 heavy (non-hydrogen) atoms. The molecule has 0 bridgehead atoms. The minimum absolute atomic E-state index is 0.0763. The maximum absolute atomic E-state index is 13.4. The van der Waals surface area contributed by atoms with Crippen molar-refractivity contribution in [3.8, 4) is 0 Å². The first-order valence-corrected chi connectivity index (χ1v) is 4.69. The zero-order chi connectivity index (χ0) is 11.9. The molecular weight excluding hydrogens is 216 g/mol. The molecule has 0 N–H and O–H groups in total. The van der Waals surface area contributed by atoms with Crippen LogP contribution < -0.4 is 5.46 Å². The monoisotopic (exact) mass is 224 g/mol. The first kappa shape index (κ1) is 11.0. The number of aromatic nitrogens is 2. The van der Waals surface area contributed by atoms with Crippen LogP contribution in [0.5, 0.6) is 0 Å². The fourth-order valence-electron chi connectivity index (χ4n) is 1.69. The van der Waals surface area contributed by atoms with Crippen LogP contribution in [0.25, 0.3) is 11.0 Å². The lowest BCUT2D eigenvalue weighted by Crippen LogP contribution is -2.10. The molecule has 2 rings (SSSR count). The summed E-state index contributed by atoms with van der Waals surface area (Å²) >= 11 is 0. The van der Waals surface area contributed by atoms with Gasteiger partial charge in [0.25, 0.3) is 6.43 Å². The van der Waals surface area contributed by atoms with Crippen molar-refractivity contribution in [2.45, 2.75) is 19.9 Å². The third kappa shape index (κ3) is 1.79. The lowest BCUT2D eigenvalue weighted by Gasteiger charge is -2.06. The molecule has 0 aliphatic rings. The van der Waals surface area contributed by atoms with Crippen LogP contribution in [0.3, 0.4) is 0 Å². The van der Waals surface area contributed by atoms with Gasteiger partial charge >= 0.3 is 0 Å². The molecule has 0 aliphatic heterocycles. The fraction of sp³-hybridized carbons (Fsp3) is 0.300. The van der Waals surface area contributed by atoms with Gasteiger partial charge in [0, 0.05) is 0 Å². The normalized spacial score (nSPS) is 11.6. The Kier molecular flexibility index (Phi) is 2.65. The van der Waals surface area contributed by atoms with E-state index in [1.54, 1.807) is 6.92 Å². The van der Waals surface area contributed by atoms with E-state index in [0.717, 1.165) is 6.07 Å². The third-order valence-corrected chi connectivity index (χ3v) is 2.34. The summed E-state index contributed by atoms with van der Waals surface area (Å²) in [6.45, 7) is 1.04. The van der Waals surface area contributed by atoms with Crippen LogP contribution >= 0.6 is 0 Å². The maximum atomic E-state index is 13.4. The highest BCUT2D eigenvalue weighted by Crippen LogP contribution is 2.18. The second kappa shape index (κ2) is 3.85. The van der Waals surface area contributed by atoms with Gasteiger partial charge in [0.05, 0.1) is 12.1 Å². The van der Waals surface area contributed by atoms with E-state index in [-0.39, 0.29) is 11.0 Å². The highest BCUT2D eigenvalue weighted by molar-refractivity contribution is 6.33. The van der Waals surface area contributed by atoms with Crippen molar-refractivity contribution < 1.29 is 13.2 Å². The average molecular weight is 224 g/mol. The van der Waals surface area contributed by atoms with Crippen LogP contribution in [0.15, 0.2) is 12.1 Å². The van der Waals surface area contributed by atoms with E-state index in [4.69, 9.17) is 7.85 Å². The van der Waals surface area contributed by atoms with Crippen molar-refractivity contribution in [3.05, 3.63) is 23.8 Å². The van der Waals surface area contributed by atoms with Crippen molar-refractivity contribution in [3.63, 3.8) is 0 Å². The topological polar surface area (TPSA) is 17.8 Å². The summed E-state index contributed by atoms with van der Waals surface area (Å²) in [5.74, 6) is -0.245. The van der Waals surface area contributed by atoms with Crippen LogP contribution in [-0.2, 0) is 6.54 Å². The van der Waals surface area contributed by atoms with Crippen molar-refractivity contribution in [1.82, 2.24) is 9.55 Å². The molecule has 0 aliphatic carbocycles. The standard InChI is InChI=1S/C10H8BF3N2/c1-5-15-10-7(12)2-6(11)3-8(10)16(5)4-9(13)14/h2-3,9H,4H2,1H3. The molecule has 2 aromatic rings. The molecule has 1 heterocycles. The minimum Gasteiger partial charge on any atom is -0.322 e. The molecule has 2 radical (unpaired) electrons. The van der Waals surface area contributed by atoms with Gasteiger partial charge in [-0.3, -0.25) is 0 Å². The van der Waals surface area contributed by atoms with Crippen molar-refractivity contribution in [2.75, 3.05) is 0 Å². The molecule has 0 fully saturated rings. The zero-order valence-electron chi connectivity index (χ0n) is 8.54. The Bertz CT molecular complexity index is 536. The van der Waals surface area contributed by atoms with Crippen LogP contribution in [0, 0.1) is 12.7 Å². The predicted octanol–water partition coefficient (Wildman–Crippen LogP) is 1.54. The average Bonchev–Trinajstić information content (AvgIpc) is 2.45. The SMILES string of the molecule is [B]c1cc(F)c2nc(C)n(CC(F)F)c2c1. The molecule has 1 aromatic heterocycles. The molecule has 0 atom stereocenters. The van der Waals surface area contributed by atoms with Crippen molar-refractivity contribution in [2.24, 2.45) is 0 Å². The number of hydrogen-bond acceptors (Lipinski definition) is 1. The molecule has 0 saturated heterocycles. The van der Waals surface area contributed by atoms with Gasteiger partial charge in [0.15, 0.2) is 0 Å². The summed E-state index contributed by atoms with van der Waals surface area (Å²) in [5.41, 5.74) is 0.572. The van der Waals surface area contributed by atoms with Gasteiger partial charge in [0.2, 0.25) is 0 Å². The van der Waals surface area contributed by atoms with Crippen LogP contribution in [0.1, 0.15) is 5.82 Å². The number of aryl methyl sites for hydroxylation is 1. The van der Waals surface area contributed by atoms with E-state index < -0.39 is 18.8 Å². The Balaban J connectivity index is 2.68. The number of rotatable bonds is 2. The van der Waals surface area contributed by atoms with Gasteiger partial charge in [-0.1, -0.05) is 5.46 Å². The van der Waals surface area contributed by atoms with Gasteiger partial charge in [-0.05, 0) is 19.1 Å². The maximum Gasteiger partial charge on any atom is 0.256 e. The number of fused-ring (bicyclic) bond motifs is 1. The highest BCUT2D eigenvalue weighted by atomic mass is 19.3. The van der Waals surface area contributed by atoms with E-state index in [0.29, 0.717) is 11.3 Å². The lowest BCUT2D eigenvalue weighted by atomic mass is 9.96. The summed E-state index contributed by atoms with van der Waals surface area (Å²) in [5, 5.41) is 0. The number of nitrogens with zero attached hydrogens (tertiary/aromatic N) is 2. The number of hydrogen-bond donors (Lipinski definition) is 0. The van der Waals surface area contributed by atoms with E-state index in [2.05, 4.69) is 4.98 Å². The first-order valence-electron chi connectivity index (χ1n) is 4.69. The van der Waals surface area contributed by atoms with E-state index in [9.17, 15) is 13.2 Å². The van der Waals surface area contributed by atoms with E-state index in [1.165, 1.54) is 10.6 Å². The highest BCUT2D eigenvalue weighted by Gasteiger charge is 2.14. The quantitative estimate of drug-likeness (QED) is 0.707. The Hall–Kier alpha value is -1.46. The van der Waals surface area contributed by atoms with Gasteiger partial charge in [-0.2, -0.15) is 0 Å². The largest absolute Gasteiger partial charge is 0.322 e. The number of alkyl halides is 2. The lowest BCUT2D eigenvalue weighted by molar-refractivity contribution is 0.127. The van der Waals surface area contributed by atoms with Crippen molar-refractivity contribution >= 4 is 24.3 Å². The zero-order valence-corrected chi connectivity index (χ0v) is 8.54. The van der Waals surface area contributed by atoms with Gasteiger partial charge in [-0.15, -0.1) is 0 Å². The summed E-state index contributed by atoms with van der Waals surface area (Å²) < 4.78 is 39.4. The molecule has 1 aromatic carbocycles. The fourth-order valence-corrected chi connectivity index (χ4v) is 1.69. The summed E-state index contributed by atoms with van der Waals surface area (Å²) in [7, 11) is 5.47. The molecule has 0 saturated carbocycles. The Morgan fingerprint density at radius 1 is 1.44 bits per heavy atom. The number of halogens is 3. The molecular formula is C10H8BF3N2. The van der Waals surface area contributed by atoms with Crippen molar-refractivity contribution in [1.29, 1.82) is 0 Å². The van der Waals surface area contributed by atoms with Crippen LogP contribution in [0.4, 0.5) is 13.2 Å². The van der Waals surface area contributed by atoms with E-state index in [1.807, 2.05) is 0 Å². The van der Waals surface area contributed by atoms with E-state index >= 15 is 0 Å². The summed E-state index contributed by atoms with van der Waals surface area (Å²) in [6.07, 6.45) is -2.51. The van der Waals surface area contributed by atoms with Crippen LogP contribution in [0.2, 0.25) is 0 Å². The number of imidazole rings is 1. The smallest absolute Gasteiger partial charge is 0.256 e. The van der Waals surface area contributed by atoms with Gasteiger partial charge in [-0.25, -0.2) is 18.2 Å². The predicted molar refractivity (Wildman–Crippen MR) is 55.8 cm³/mol.